The normalized spacial score (nSPS) is 11.8. The van der Waals surface area contributed by atoms with Crippen LogP contribution in [0.3, 0.4) is 0 Å². The minimum absolute atomic E-state index is 0.0478. The van der Waals surface area contributed by atoms with E-state index in [1.54, 1.807) is 58.0 Å². The predicted octanol–water partition coefficient (Wildman–Crippen LogP) is 2.83. The molecule has 2 aromatic rings. The van der Waals surface area contributed by atoms with Crippen LogP contribution in [0.1, 0.15) is 52.6 Å². The summed E-state index contributed by atoms with van der Waals surface area (Å²) >= 11 is 0. The summed E-state index contributed by atoms with van der Waals surface area (Å²) in [4.78, 5) is 24.1. The van der Waals surface area contributed by atoms with Gasteiger partial charge in [0.15, 0.2) is 0 Å². The van der Waals surface area contributed by atoms with Gasteiger partial charge in [-0.2, -0.15) is 0 Å². The second-order valence-electron chi connectivity index (χ2n) is 8.03. The number of carbonyl (C=O) groups is 2. The zero-order valence-corrected chi connectivity index (χ0v) is 18.7. The van der Waals surface area contributed by atoms with Crippen LogP contribution in [0.4, 0.5) is 0 Å². The highest BCUT2D eigenvalue weighted by Gasteiger charge is 2.23. The molecule has 0 saturated carbocycles. The molecule has 0 aliphatic heterocycles. The van der Waals surface area contributed by atoms with E-state index in [1.165, 1.54) is 19.2 Å². The SMILES string of the molecule is COC(=O)c1ccc(CCNC(=O)c2cc(S(=O)(=O)NC(C)(C)C)ccc2C)cc1. The Morgan fingerprint density at radius 1 is 1.03 bits per heavy atom. The first-order valence-corrected chi connectivity index (χ1v) is 11.0. The zero-order valence-electron chi connectivity index (χ0n) is 17.9. The van der Waals surface area contributed by atoms with Gasteiger partial charge in [-0.3, -0.25) is 4.79 Å². The number of aryl methyl sites for hydroxylation is 1. The molecule has 0 aliphatic rings. The van der Waals surface area contributed by atoms with Gasteiger partial charge in [0, 0.05) is 17.6 Å². The van der Waals surface area contributed by atoms with Gasteiger partial charge in [-0.25, -0.2) is 17.9 Å². The maximum absolute atomic E-state index is 12.6. The number of hydrogen-bond acceptors (Lipinski definition) is 5. The smallest absolute Gasteiger partial charge is 0.337 e. The van der Waals surface area contributed by atoms with Gasteiger partial charge in [0.25, 0.3) is 5.91 Å². The van der Waals surface area contributed by atoms with E-state index in [1.807, 2.05) is 0 Å². The number of methoxy groups -OCH3 is 1. The molecule has 0 fully saturated rings. The molecule has 30 heavy (non-hydrogen) atoms. The molecule has 2 aromatic carbocycles. The molecule has 162 valence electrons. The number of nitrogens with one attached hydrogen (secondary N) is 2. The van der Waals surface area contributed by atoms with Crippen LogP contribution in [0, 0.1) is 6.92 Å². The number of hydrogen-bond donors (Lipinski definition) is 2. The summed E-state index contributed by atoms with van der Waals surface area (Å²) in [6.07, 6.45) is 0.565. The van der Waals surface area contributed by atoms with Crippen LogP contribution in [0.25, 0.3) is 0 Å². The van der Waals surface area contributed by atoms with Crippen LogP contribution in [0.5, 0.6) is 0 Å². The Morgan fingerprint density at radius 2 is 1.67 bits per heavy atom. The van der Waals surface area contributed by atoms with Gasteiger partial charge in [-0.1, -0.05) is 18.2 Å². The first-order valence-electron chi connectivity index (χ1n) is 9.53. The zero-order chi connectivity index (χ0) is 22.5. The maximum atomic E-state index is 12.6. The fourth-order valence-electron chi connectivity index (χ4n) is 2.82. The summed E-state index contributed by atoms with van der Waals surface area (Å²) < 4.78 is 32.4. The maximum Gasteiger partial charge on any atom is 0.337 e. The van der Waals surface area contributed by atoms with Crippen molar-refractivity contribution in [1.29, 1.82) is 0 Å². The number of esters is 1. The Morgan fingerprint density at radius 3 is 2.23 bits per heavy atom. The van der Waals surface area contributed by atoms with Crippen molar-refractivity contribution in [3.05, 3.63) is 64.7 Å². The lowest BCUT2D eigenvalue weighted by molar-refractivity contribution is 0.0600. The molecule has 8 heteroatoms. The summed E-state index contributed by atoms with van der Waals surface area (Å²) in [5, 5.41) is 2.82. The van der Waals surface area contributed by atoms with Crippen LogP contribution in [0.2, 0.25) is 0 Å². The summed E-state index contributed by atoms with van der Waals surface area (Å²) in [7, 11) is -2.41. The van der Waals surface area contributed by atoms with Crippen molar-refractivity contribution in [3.63, 3.8) is 0 Å². The molecular formula is C22H28N2O5S. The van der Waals surface area contributed by atoms with E-state index in [-0.39, 0.29) is 10.8 Å². The highest BCUT2D eigenvalue weighted by Crippen LogP contribution is 2.18. The van der Waals surface area contributed by atoms with E-state index in [4.69, 9.17) is 0 Å². The second-order valence-corrected chi connectivity index (χ2v) is 9.71. The average Bonchev–Trinajstić information content (AvgIpc) is 2.66. The average molecular weight is 433 g/mol. The Bertz CT molecular complexity index is 1020. The molecule has 2 N–H and O–H groups in total. The number of amides is 1. The number of rotatable bonds is 7. The number of ether oxygens (including phenoxy) is 1. The molecule has 0 atom stereocenters. The van der Waals surface area contributed by atoms with Crippen molar-refractivity contribution in [2.45, 2.75) is 44.6 Å². The molecular weight excluding hydrogens is 404 g/mol. The van der Waals surface area contributed by atoms with E-state index >= 15 is 0 Å². The van der Waals surface area contributed by atoms with E-state index in [9.17, 15) is 18.0 Å². The summed E-state index contributed by atoms with van der Waals surface area (Å²) in [5.74, 6) is -0.743. The van der Waals surface area contributed by atoms with Crippen LogP contribution in [-0.2, 0) is 21.2 Å². The molecule has 0 spiro atoms. The quantitative estimate of drug-likeness (QED) is 0.655. The molecule has 0 aromatic heterocycles. The Labute approximate surface area is 177 Å². The van der Waals surface area contributed by atoms with Crippen molar-refractivity contribution in [2.24, 2.45) is 0 Å². The molecule has 2 rings (SSSR count). The third kappa shape index (κ3) is 6.40. The van der Waals surface area contributed by atoms with Crippen LogP contribution >= 0.6 is 0 Å². The van der Waals surface area contributed by atoms with Gasteiger partial charge >= 0.3 is 5.97 Å². The molecule has 7 nitrogen and oxygen atoms in total. The molecule has 0 saturated heterocycles. The van der Waals surface area contributed by atoms with Crippen molar-refractivity contribution in [2.75, 3.05) is 13.7 Å². The third-order valence-electron chi connectivity index (χ3n) is 4.28. The second kappa shape index (κ2) is 9.40. The van der Waals surface area contributed by atoms with Crippen molar-refractivity contribution in [1.82, 2.24) is 10.0 Å². The predicted molar refractivity (Wildman–Crippen MR) is 115 cm³/mol. The van der Waals surface area contributed by atoms with E-state index < -0.39 is 21.5 Å². The fourth-order valence-corrected chi connectivity index (χ4v) is 4.26. The summed E-state index contributed by atoms with van der Waals surface area (Å²) in [6.45, 7) is 7.39. The Hall–Kier alpha value is -2.71. The molecule has 0 aliphatic carbocycles. The van der Waals surface area contributed by atoms with Crippen LogP contribution in [-0.4, -0.2) is 39.5 Å². The fraction of sp³-hybridized carbons (Fsp3) is 0.364. The monoisotopic (exact) mass is 432 g/mol. The largest absolute Gasteiger partial charge is 0.465 e. The lowest BCUT2D eigenvalue weighted by Crippen LogP contribution is -2.40. The van der Waals surface area contributed by atoms with Crippen molar-refractivity contribution in [3.8, 4) is 0 Å². The van der Waals surface area contributed by atoms with Crippen molar-refractivity contribution >= 4 is 21.9 Å². The van der Waals surface area contributed by atoms with Gasteiger partial charge in [0.2, 0.25) is 10.0 Å². The molecule has 0 heterocycles. The van der Waals surface area contributed by atoms with Crippen LogP contribution < -0.4 is 10.0 Å². The molecule has 0 unspecified atom stereocenters. The van der Waals surface area contributed by atoms with E-state index in [0.29, 0.717) is 29.7 Å². The summed E-state index contributed by atoms with van der Waals surface area (Å²) in [6, 6.07) is 11.4. The van der Waals surface area contributed by atoms with Crippen LogP contribution in [0.15, 0.2) is 47.4 Å². The standard InChI is InChI=1S/C22H28N2O5S/c1-15-6-11-18(30(27,28)24-22(2,3)4)14-19(15)20(25)23-13-12-16-7-9-17(10-8-16)21(26)29-5/h6-11,14,24H,12-13H2,1-5H3,(H,23,25). The lowest BCUT2D eigenvalue weighted by Gasteiger charge is -2.20. The van der Waals surface area contributed by atoms with Gasteiger partial charge in [0.05, 0.1) is 17.6 Å². The topological polar surface area (TPSA) is 102 Å². The minimum Gasteiger partial charge on any atom is -0.465 e. The molecule has 0 bridgehead atoms. The Kier molecular flexibility index (Phi) is 7.39. The first kappa shape index (κ1) is 23.6. The van der Waals surface area contributed by atoms with Gasteiger partial charge in [0.1, 0.15) is 0 Å². The van der Waals surface area contributed by atoms with E-state index in [2.05, 4.69) is 14.8 Å². The number of carbonyl (C=O) groups excluding carboxylic acids is 2. The molecule has 1 amide bonds. The van der Waals surface area contributed by atoms with Gasteiger partial charge in [-0.05, 0) is 69.5 Å². The first-order chi connectivity index (χ1) is 13.9. The minimum atomic E-state index is -3.74. The lowest BCUT2D eigenvalue weighted by atomic mass is 10.1. The van der Waals surface area contributed by atoms with Gasteiger partial charge < -0.3 is 10.1 Å². The number of sulfonamides is 1. The van der Waals surface area contributed by atoms with Crippen molar-refractivity contribution < 1.29 is 22.7 Å². The Balaban J connectivity index is 2.06. The third-order valence-corrected chi connectivity index (χ3v) is 6.03. The number of benzene rings is 2. The van der Waals surface area contributed by atoms with E-state index in [0.717, 1.165) is 5.56 Å². The highest BCUT2D eigenvalue weighted by atomic mass is 32.2. The highest BCUT2D eigenvalue weighted by molar-refractivity contribution is 7.89. The summed E-state index contributed by atoms with van der Waals surface area (Å²) in [5.41, 5.74) is 1.78. The molecule has 0 radical (unpaired) electrons. The van der Waals surface area contributed by atoms with Gasteiger partial charge in [-0.15, -0.1) is 0 Å².